The van der Waals surface area contributed by atoms with E-state index in [9.17, 15) is 4.79 Å². The summed E-state index contributed by atoms with van der Waals surface area (Å²) in [6, 6.07) is 4.75. The van der Waals surface area contributed by atoms with Gasteiger partial charge in [-0.25, -0.2) is 4.98 Å². The van der Waals surface area contributed by atoms with Crippen LogP contribution in [0.4, 0.5) is 0 Å². The second-order valence-corrected chi connectivity index (χ2v) is 6.56. The van der Waals surface area contributed by atoms with Crippen molar-refractivity contribution in [3.05, 3.63) is 52.0 Å². The molecule has 0 aliphatic carbocycles. The topological polar surface area (TPSA) is 94.1 Å². The van der Waals surface area contributed by atoms with Gasteiger partial charge in [0.05, 0.1) is 11.2 Å². The number of benzene rings is 1. The Morgan fingerprint density at radius 1 is 1.35 bits per heavy atom. The number of carbonyl (C=O) groups is 1. The van der Waals surface area contributed by atoms with Gasteiger partial charge in [0.25, 0.3) is 0 Å². The number of nitrogens with one attached hydrogen (secondary N) is 1. The summed E-state index contributed by atoms with van der Waals surface area (Å²) in [5.74, 6) is 1.69. The Morgan fingerprint density at radius 2 is 2.15 bits per heavy atom. The predicted octanol–water partition coefficient (Wildman–Crippen LogP) is 4.15. The van der Waals surface area contributed by atoms with E-state index < -0.39 is 0 Å². The zero-order valence-corrected chi connectivity index (χ0v) is 15.6. The number of aromatic nitrogens is 3. The van der Waals surface area contributed by atoms with Gasteiger partial charge in [-0.2, -0.15) is 4.98 Å². The molecule has 1 atom stereocenters. The summed E-state index contributed by atoms with van der Waals surface area (Å²) in [5, 5.41) is 7.51. The van der Waals surface area contributed by atoms with Gasteiger partial charge in [0.15, 0.2) is 17.5 Å². The monoisotopic (exact) mass is 394 g/mol. The highest BCUT2D eigenvalue weighted by Crippen LogP contribution is 2.30. The number of hydrogen-bond donors (Lipinski definition) is 1. The van der Waals surface area contributed by atoms with Crippen molar-refractivity contribution in [2.75, 3.05) is 0 Å². The van der Waals surface area contributed by atoms with Crippen molar-refractivity contribution in [3.63, 3.8) is 0 Å². The third kappa shape index (κ3) is 4.42. The third-order valence-corrected chi connectivity index (χ3v) is 4.16. The quantitative estimate of drug-likeness (QED) is 0.674. The van der Waals surface area contributed by atoms with E-state index in [1.807, 2.05) is 0 Å². The van der Waals surface area contributed by atoms with Gasteiger partial charge in [0.2, 0.25) is 11.8 Å². The van der Waals surface area contributed by atoms with Gasteiger partial charge in [0, 0.05) is 23.4 Å². The summed E-state index contributed by atoms with van der Waals surface area (Å²) in [7, 11) is 0. The smallest absolute Gasteiger partial charge is 0.248 e. The molecule has 2 aromatic heterocycles. The maximum atomic E-state index is 12.1. The maximum Gasteiger partial charge on any atom is 0.248 e. The van der Waals surface area contributed by atoms with Gasteiger partial charge >= 0.3 is 0 Å². The Morgan fingerprint density at radius 3 is 2.85 bits per heavy atom. The molecule has 0 spiro atoms. The van der Waals surface area contributed by atoms with Crippen molar-refractivity contribution in [1.82, 2.24) is 20.4 Å². The Kier molecular flexibility index (Phi) is 5.58. The highest BCUT2D eigenvalue weighted by molar-refractivity contribution is 6.36. The number of halogens is 2. The van der Waals surface area contributed by atoms with E-state index in [0.717, 1.165) is 0 Å². The molecule has 0 saturated heterocycles. The molecular weight excluding hydrogens is 379 g/mol. The van der Waals surface area contributed by atoms with Gasteiger partial charge in [-0.15, -0.1) is 0 Å². The summed E-state index contributed by atoms with van der Waals surface area (Å²) in [6.07, 6.45) is 2.14. The van der Waals surface area contributed by atoms with E-state index in [-0.39, 0.29) is 18.4 Å². The SMILES string of the molecule is Cc1noc(C(C)NC(=O)CCc2ncc(-c3ccc(Cl)cc3Cl)o2)n1. The average Bonchev–Trinajstić information content (AvgIpc) is 3.22. The fraction of sp³-hybridized carbons (Fsp3) is 0.294. The van der Waals surface area contributed by atoms with E-state index in [0.29, 0.717) is 45.4 Å². The summed E-state index contributed by atoms with van der Waals surface area (Å²) in [6.45, 7) is 3.49. The number of amides is 1. The van der Waals surface area contributed by atoms with Crippen molar-refractivity contribution in [2.24, 2.45) is 0 Å². The van der Waals surface area contributed by atoms with E-state index >= 15 is 0 Å². The fourth-order valence-corrected chi connectivity index (χ4v) is 2.83. The first kappa shape index (κ1) is 18.4. The average molecular weight is 395 g/mol. The molecule has 1 N–H and O–H groups in total. The maximum absolute atomic E-state index is 12.1. The van der Waals surface area contributed by atoms with Gasteiger partial charge in [0.1, 0.15) is 6.04 Å². The molecule has 3 aromatic rings. The van der Waals surface area contributed by atoms with Gasteiger partial charge in [-0.3, -0.25) is 4.79 Å². The van der Waals surface area contributed by atoms with E-state index in [1.54, 1.807) is 38.2 Å². The van der Waals surface area contributed by atoms with Gasteiger partial charge in [-0.1, -0.05) is 28.4 Å². The molecule has 2 heterocycles. The number of rotatable bonds is 6. The minimum atomic E-state index is -0.364. The lowest BCUT2D eigenvalue weighted by molar-refractivity contribution is -0.121. The van der Waals surface area contributed by atoms with Crippen molar-refractivity contribution < 1.29 is 13.7 Å². The van der Waals surface area contributed by atoms with Gasteiger partial charge in [-0.05, 0) is 32.0 Å². The molecule has 7 nitrogen and oxygen atoms in total. The van der Waals surface area contributed by atoms with Crippen LogP contribution in [0, 0.1) is 6.92 Å². The number of carbonyl (C=O) groups excluding carboxylic acids is 1. The molecule has 3 rings (SSSR count). The van der Waals surface area contributed by atoms with Crippen LogP contribution >= 0.6 is 23.2 Å². The minimum absolute atomic E-state index is 0.169. The normalized spacial score (nSPS) is 12.2. The van der Waals surface area contributed by atoms with Crippen LogP contribution in [0.25, 0.3) is 11.3 Å². The zero-order valence-electron chi connectivity index (χ0n) is 14.1. The summed E-state index contributed by atoms with van der Waals surface area (Å²) in [5.41, 5.74) is 0.694. The summed E-state index contributed by atoms with van der Waals surface area (Å²) >= 11 is 12.1. The molecule has 9 heteroatoms. The van der Waals surface area contributed by atoms with Crippen molar-refractivity contribution in [3.8, 4) is 11.3 Å². The second-order valence-electron chi connectivity index (χ2n) is 5.71. The van der Waals surface area contributed by atoms with Crippen LogP contribution < -0.4 is 5.32 Å². The lowest BCUT2D eigenvalue weighted by atomic mass is 10.2. The number of oxazole rings is 1. The number of hydrogen-bond acceptors (Lipinski definition) is 6. The van der Waals surface area contributed by atoms with Crippen LogP contribution in [0.15, 0.2) is 33.3 Å². The van der Waals surface area contributed by atoms with Crippen LogP contribution in [-0.4, -0.2) is 21.0 Å². The van der Waals surface area contributed by atoms with Crippen LogP contribution in [-0.2, 0) is 11.2 Å². The molecular formula is C17H16Cl2N4O3. The highest BCUT2D eigenvalue weighted by atomic mass is 35.5. The molecule has 1 unspecified atom stereocenters. The minimum Gasteiger partial charge on any atom is -0.441 e. The van der Waals surface area contributed by atoms with Crippen molar-refractivity contribution >= 4 is 29.1 Å². The lowest BCUT2D eigenvalue weighted by Gasteiger charge is -2.08. The summed E-state index contributed by atoms with van der Waals surface area (Å²) < 4.78 is 10.7. The lowest BCUT2D eigenvalue weighted by Crippen LogP contribution is -2.27. The van der Waals surface area contributed by atoms with E-state index in [4.69, 9.17) is 32.1 Å². The predicted molar refractivity (Wildman–Crippen MR) is 95.9 cm³/mol. The molecule has 1 amide bonds. The van der Waals surface area contributed by atoms with Gasteiger partial charge < -0.3 is 14.3 Å². The Labute approximate surface area is 159 Å². The molecule has 0 bridgehead atoms. The first-order valence-electron chi connectivity index (χ1n) is 7.92. The van der Waals surface area contributed by atoms with Crippen LogP contribution in [0.5, 0.6) is 0 Å². The van der Waals surface area contributed by atoms with Crippen LogP contribution in [0.2, 0.25) is 10.0 Å². The van der Waals surface area contributed by atoms with Crippen LogP contribution in [0.3, 0.4) is 0 Å². The standard InChI is InChI=1S/C17H16Cl2N4O3/c1-9(17-22-10(2)23-26-17)21-15(24)5-6-16-20-8-14(25-16)12-4-3-11(18)7-13(12)19/h3-4,7-9H,5-6H2,1-2H3,(H,21,24). The summed E-state index contributed by atoms with van der Waals surface area (Å²) in [4.78, 5) is 20.3. The largest absolute Gasteiger partial charge is 0.441 e. The Bertz CT molecular complexity index is 922. The molecule has 136 valence electrons. The number of aryl methyl sites for hydroxylation is 2. The van der Waals surface area contributed by atoms with E-state index in [2.05, 4.69) is 20.4 Å². The first-order valence-corrected chi connectivity index (χ1v) is 8.67. The Hall–Kier alpha value is -2.38. The fourth-order valence-electron chi connectivity index (χ4n) is 2.32. The van der Waals surface area contributed by atoms with Crippen molar-refractivity contribution in [2.45, 2.75) is 32.7 Å². The zero-order chi connectivity index (χ0) is 18.7. The second kappa shape index (κ2) is 7.88. The molecule has 0 aliphatic heterocycles. The third-order valence-electron chi connectivity index (χ3n) is 3.61. The molecule has 0 aliphatic rings. The van der Waals surface area contributed by atoms with Crippen LogP contribution in [0.1, 0.15) is 37.0 Å². The van der Waals surface area contributed by atoms with E-state index in [1.165, 1.54) is 0 Å². The van der Waals surface area contributed by atoms with Crippen molar-refractivity contribution in [1.29, 1.82) is 0 Å². The number of nitrogens with zero attached hydrogens (tertiary/aromatic N) is 3. The highest BCUT2D eigenvalue weighted by Gasteiger charge is 2.16. The first-order chi connectivity index (χ1) is 12.4. The Balaban J connectivity index is 1.57. The molecule has 0 fully saturated rings. The molecule has 0 radical (unpaired) electrons. The molecule has 26 heavy (non-hydrogen) atoms. The molecule has 0 saturated carbocycles. The molecule has 1 aromatic carbocycles.